The minimum atomic E-state index is -0.621. The minimum Gasteiger partial charge on any atom is -0.391 e. The van der Waals surface area contributed by atoms with Crippen molar-refractivity contribution in [2.24, 2.45) is 0 Å². The first-order valence-corrected chi connectivity index (χ1v) is 8.01. The van der Waals surface area contributed by atoms with Crippen molar-refractivity contribution in [3.8, 4) is 0 Å². The van der Waals surface area contributed by atoms with Gasteiger partial charge in [-0.25, -0.2) is 0 Å². The third-order valence-electron chi connectivity index (χ3n) is 3.79. The fraction of sp³-hybridized carbons (Fsp3) is 0.556. The van der Waals surface area contributed by atoms with E-state index in [0.717, 1.165) is 5.56 Å². The summed E-state index contributed by atoms with van der Waals surface area (Å²) in [5.41, 5.74) is 1.70. The van der Waals surface area contributed by atoms with E-state index in [-0.39, 0.29) is 29.8 Å². The Labute approximate surface area is 138 Å². The molecule has 1 aromatic carbocycles. The standard InChI is InChI=1S/C18H28N2O3/c1-6-15(12(2)21)20-16(22)11-19-17(23)13-7-9-14(10-8-13)18(3,4)5/h7-10,12,15,21H,6,11H2,1-5H3,(H,19,23)(H,20,22)/t12-,15-/m0/s1. The summed E-state index contributed by atoms with van der Waals surface area (Å²) in [6, 6.07) is 7.08. The van der Waals surface area contributed by atoms with Crippen molar-refractivity contribution in [3.05, 3.63) is 35.4 Å². The molecule has 2 amide bonds. The highest BCUT2D eigenvalue weighted by Crippen LogP contribution is 2.22. The van der Waals surface area contributed by atoms with Gasteiger partial charge >= 0.3 is 0 Å². The van der Waals surface area contributed by atoms with Gasteiger partial charge in [-0.15, -0.1) is 0 Å². The van der Waals surface area contributed by atoms with Crippen LogP contribution >= 0.6 is 0 Å². The van der Waals surface area contributed by atoms with Crippen LogP contribution in [-0.4, -0.2) is 35.6 Å². The van der Waals surface area contributed by atoms with Crippen LogP contribution in [0.1, 0.15) is 57.0 Å². The Bertz CT molecular complexity index is 530. The number of benzene rings is 1. The van der Waals surface area contributed by atoms with Crippen molar-refractivity contribution in [3.63, 3.8) is 0 Å². The monoisotopic (exact) mass is 320 g/mol. The van der Waals surface area contributed by atoms with Gasteiger partial charge < -0.3 is 15.7 Å². The number of hydrogen-bond donors (Lipinski definition) is 3. The van der Waals surface area contributed by atoms with E-state index in [0.29, 0.717) is 12.0 Å². The number of nitrogens with one attached hydrogen (secondary N) is 2. The van der Waals surface area contributed by atoms with Gasteiger partial charge in [0.2, 0.25) is 5.91 Å². The highest BCUT2D eigenvalue weighted by Gasteiger charge is 2.17. The molecule has 0 saturated heterocycles. The van der Waals surface area contributed by atoms with E-state index in [2.05, 4.69) is 31.4 Å². The molecule has 0 aliphatic heterocycles. The van der Waals surface area contributed by atoms with Gasteiger partial charge in [0.05, 0.1) is 18.7 Å². The van der Waals surface area contributed by atoms with Crippen LogP contribution < -0.4 is 10.6 Å². The van der Waals surface area contributed by atoms with Crippen molar-refractivity contribution in [2.45, 2.75) is 58.6 Å². The molecule has 3 N–H and O–H groups in total. The van der Waals surface area contributed by atoms with Gasteiger partial charge in [-0.2, -0.15) is 0 Å². The Morgan fingerprint density at radius 2 is 1.74 bits per heavy atom. The molecular formula is C18H28N2O3. The zero-order valence-electron chi connectivity index (χ0n) is 14.6. The summed E-state index contributed by atoms with van der Waals surface area (Å²) < 4.78 is 0. The first kappa shape index (κ1) is 19.2. The third kappa shape index (κ3) is 6.02. The fourth-order valence-corrected chi connectivity index (χ4v) is 2.21. The smallest absolute Gasteiger partial charge is 0.251 e. The second-order valence-electron chi connectivity index (χ2n) is 6.83. The largest absolute Gasteiger partial charge is 0.391 e. The highest BCUT2D eigenvalue weighted by molar-refractivity contribution is 5.96. The van der Waals surface area contributed by atoms with Gasteiger partial charge in [-0.1, -0.05) is 39.8 Å². The molecule has 128 valence electrons. The summed E-state index contributed by atoms with van der Waals surface area (Å²) in [4.78, 5) is 23.9. The quantitative estimate of drug-likeness (QED) is 0.750. The van der Waals surface area contributed by atoms with E-state index < -0.39 is 6.10 Å². The summed E-state index contributed by atoms with van der Waals surface area (Å²) >= 11 is 0. The van der Waals surface area contributed by atoms with Crippen LogP contribution in [0.2, 0.25) is 0 Å². The number of hydrogen-bond acceptors (Lipinski definition) is 3. The molecular weight excluding hydrogens is 292 g/mol. The maximum Gasteiger partial charge on any atom is 0.251 e. The number of carbonyl (C=O) groups excluding carboxylic acids is 2. The van der Waals surface area contributed by atoms with Gasteiger partial charge in [0.15, 0.2) is 0 Å². The Kier molecular flexibility index (Phi) is 6.76. The lowest BCUT2D eigenvalue weighted by Crippen LogP contribution is -2.46. The Balaban J connectivity index is 2.55. The van der Waals surface area contributed by atoms with Gasteiger partial charge in [0.25, 0.3) is 5.91 Å². The normalized spacial score (nSPS) is 14.0. The van der Waals surface area contributed by atoms with Gasteiger partial charge in [0, 0.05) is 5.56 Å². The van der Waals surface area contributed by atoms with E-state index in [1.807, 2.05) is 19.1 Å². The summed E-state index contributed by atoms with van der Waals surface area (Å²) in [6.45, 7) is 9.73. The number of rotatable bonds is 6. The topological polar surface area (TPSA) is 78.4 Å². The van der Waals surface area contributed by atoms with E-state index in [4.69, 9.17) is 0 Å². The molecule has 0 aliphatic rings. The van der Waals surface area contributed by atoms with Crippen LogP contribution in [0.4, 0.5) is 0 Å². The zero-order chi connectivity index (χ0) is 17.6. The Morgan fingerprint density at radius 1 is 1.17 bits per heavy atom. The predicted molar refractivity (Wildman–Crippen MR) is 91.4 cm³/mol. The molecule has 5 nitrogen and oxygen atoms in total. The molecule has 0 saturated carbocycles. The first-order chi connectivity index (χ1) is 10.6. The molecule has 0 aliphatic carbocycles. The summed E-state index contributed by atoms with van der Waals surface area (Å²) in [5, 5.41) is 14.8. The van der Waals surface area contributed by atoms with Gasteiger partial charge in [-0.05, 0) is 36.5 Å². The number of aliphatic hydroxyl groups is 1. The van der Waals surface area contributed by atoms with Crippen LogP contribution in [0.15, 0.2) is 24.3 Å². The summed E-state index contributed by atoms with van der Waals surface area (Å²) in [6.07, 6.45) is 0.00983. The van der Waals surface area contributed by atoms with E-state index in [9.17, 15) is 14.7 Å². The van der Waals surface area contributed by atoms with Crippen LogP contribution in [0.25, 0.3) is 0 Å². The third-order valence-corrected chi connectivity index (χ3v) is 3.79. The predicted octanol–water partition coefficient (Wildman–Crippen LogP) is 1.99. The molecule has 1 rings (SSSR count). The molecule has 0 spiro atoms. The second-order valence-corrected chi connectivity index (χ2v) is 6.83. The molecule has 2 atom stereocenters. The number of amides is 2. The summed E-state index contributed by atoms with van der Waals surface area (Å²) in [7, 11) is 0. The first-order valence-electron chi connectivity index (χ1n) is 8.01. The van der Waals surface area contributed by atoms with Crippen molar-refractivity contribution < 1.29 is 14.7 Å². The molecule has 0 unspecified atom stereocenters. The highest BCUT2D eigenvalue weighted by atomic mass is 16.3. The van der Waals surface area contributed by atoms with E-state index in [1.54, 1.807) is 19.1 Å². The average Bonchev–Trinajstić information content (AvgIpc) is 2.49. The Morgan fingerprint density at radius 3 is 2.17 bits per heavy atom. The van der Waals surface area contributed by atoms with Crippen molar-refractivity contribution in [1.82, 2.24) is 10.6 Å². The van der Waals surface area contributed by atoms with Gasteiger partial charge in [-0.3, -0.25) is 9.59 Å². The van der Waals surface area contributed by atoms with Crippen molar-refractivity contribution in [1.29, 1.82) is 0 Å². The molecule has 0 heterocycles. The lowest BCUT2D eigenvalue weighted by molar-refractivity contribution is -0.121. The van der Waals surface area contributed by atoms with Crippen molar-refractivity contribution >= 4 is 11.8 Å². The Hall–Kier alpha value is -1.88. The lowest BCUT2D eigenvalue weighted by Gasteiger charge is -2.20. The maximum atomic E-state index is 12.1. The SMILES string of the molecule is CC[C@H](NC(=O)CNC(=O)c1ccc(C(C)(C)C)cc1)[C@H](C)O. The zero-order valence-corrected chi connectivity index (χ0v) is 14.6. The molecule has 0 bridgehead atoms. The average molecular weight is 320 g/mol. The number of carbonyl (C=O) groups is 2. The maximum absolute atomic E-state index is 12.1. The molecule has 0 fully saturated rings. The molecule has 23 heavy (non-hydrogen) atoms. The van der Waals surface area contributed by atoms with Crippen LogP contribution in [0, 0.1) is 0 Å². The molecule has 0 aromatic heterocycles. The summed E-state index contributed by atoms with van der Waals surface area (Å²) in [5.74, 6) is -0.594. The number of aliphatic hydroxyl groups excluding tert-OH is 1. The van der Waals surface area contributed by atoms with Gasteiger partial charge in [0.1, 0.15) is 0 Å². The van der Waals surface area contributed by atoms with Crippen LogP contribution in [-0.2, 0) is 10.2 Å². The van der Waals surface area contributed by atoms with Crippen LogP contribution in [0.3, 0.4) is 0 Å². The molecule has 5 heteroatoms. The lowest BCUT2D eigenvalue weighted by atomic mass is 9.87. The molecule has 0 radical (unpaired) electrons. The fourth-order valence-electron chi connectivity index (χ4n) is 2.21. The van der Waals surface area contributed by atoms with E-state index in [1.165, 1.54) is 0 Å². The van der Waals surface area contributed by atoms with Crippen LogP contribution in [0.5, 0.6) is 0 Å². The second kappa shape index (κ2) is 8.11. The minimum absolute atomic E-state index is 0.0328. The molecule has 1 aromatic rings. The van der Waals surface area contributed by atoms with Crippen molar-refractivity contribution in [2.75, 3.05) is 6.54 Å². The van der Waals surface area contributed by atoms with E-state index >= 15 is 0 Å².